The predicted octanol–water partition coefficient (Wildman–Crippen LogP) is 14.8. The van der Waals surface area contributed by atoms with Gasteiger partial charge in [0.1, 0.15) is 21.7 Å². The lowest BCUT2D eigenvalue weighted by atomic mass is 9.87. The number of carbonyl (C=O) groups excluding carboxylic acids is 2. The summed E-state index contributed by atoms with van der Waals surface area (Å²) >= 11 is 3.18. The minimum absolute atomic E-state index is 0.0583. The first-order valence-corrected chi connectivity index (χ1v) is 24.7. The van der Waals surface area contributed by atoms with Crippen molar-refractivity contribution >= 4 is 83.8 Å². The molecule has 0 unspecified atom stereocenters. The molecule has 1 aliphatic rings. The van der Waals surface area contributed by atoms with Gasteiger partial charge < -0.3 is 15.6 Å². The lowest BCUT2D eigenvalue weighted by Crippen LogP contribution is -2.31. The largest absolute Gasteiger partial charge is 0.341 e. The molecule has 3 aromatic heterocycles. The molecule has 0 saturated heterocycles. The molecular weight excluding hydrogens is 889 g/mol. The highest BCUT2D eigenvalue weighted by Crippen LogP contribution is 2.48. The number of amides is 2. The van der Waals surface area contributed by atoms with E-state index in [9.17, 15) is 9.59 Å². The first-order chi connectivity index (χ1) is 33.1. The summed E-state index contributed by atoms with van der Waals surface area (Å²) in [6.07, 6.45) is 2.03. The van der Waals surface area contributed by atoms with Gasteiger partial charge in [-0.25, -0.2) is 15.0 Å². The van der Waals surface area contributed by atoms with Gasteiger partial charge in [0.15, 0.2) is 0 Å². The van der Waals surface area contributed by atoms with E-state index in [-0.39, 0.29) is 22.6 Å². The number of aryl methyl sites for hydroxylation is 2. The fourth-order valence-electron chi connectivity index (χ4n) is 8.76. The van der Waals surface area contributed by atoms with Crippen LogP contribution in [0.5, 0.6) is 0 Å². The Bertz CT molecular complexity index is 3580. The summed E-state index contributed by atoms with van der Waals surface area (Å²) in [5.74, 6) is 0.381. The molecule has 4 heterocycles. The number of fused-ring (bicyclic) bond motifs is 2. The maximum atomic E-state index is 14.4. The highest BCUT2D eigenvalue weighted by Gasteiger charge is 2.33. The number of anilines is 1. The van der Waals surface area contributed by atoms with Crippen molar-refractivity contribution in [3.05, 3.63) is 201 Å². The summed E-state index contributed by atoms with van der Waals surface area (Å²) in [4.78, 5) is 48.3. The number of carbonyl (C=O) groups is 2. The summed E-state index contributed by atoms with van der Waals surface area (Å²) in [7, 11) is 0. The molecule has 6 aromatic carbocycles. The number of rotatable bonds is 8. The Kier molecular flexibility index (Phi) is 11.7. The van der Waals surface area contributed by atoms with Gasteiger partial charge in [0.25, 0.3) is 11.8 Å². The highest BCUT2D eigenvalue weighted by atomic mass is 32.1. The van der Waals surface area contributed by atoms with E-state index in [0.29, 0.717) is 34.2 Å². The van der Waals surface area contributed by atoms with E-state index < -0.39 is 0 Å². The van der Waals surface area contributed by atoms with E-state index in [1.165, 1.54) is 11.1 Å². The number of nitrogens with one attached hydrogen (secondary N) is 3. The Morgan fingerprint density at radius 1 is 0.551 bits per heavy atom. The van der Waals surface area contributed by atoms with E-state index in [0.717, 1.165) is 75.0 Å². The molecule has 69 heavy (non-hydrogen) atoms. The lowest BCUT2D eigenvalue weighted by molar-refractivity contribution is 0.0975. The SMILES string of the molecule is Cc1ccccc1C(=O)NC1=NC(=Cc2[nH]c(NC(=O)c3ccccc3C)c(-c3nc4ccc(C(C)(C)C)cc4s3)c2-c2ccccc2)C(c2ccccc2)=C1c1nc2ccc(C(C)(C)C)cc2s1. The highest BCUT2D eigenvalue weighted by molar-refractivity contribution is 7.21. The van der Waals surface area contributed by atoms with Crippen LogP contribution >= 0.6 is 22.7 Å². The first kappa shape index (κ1) is 45.3. The van der Waals surface area contributed by atoms with Crippen LogP contribution in [-0.4, -0.2) is 32.6 Å². The average Bonchev–Trinajstić information content (AvgIpc) is 4.11. The summed E-state index contributed by atoms with van der Waals surface area (Å²) in [6, 6.07) is 48.4. The number of H-pyrrole nitrogens is 1. The van der Waals surface area contributed by atoms with Crippen LogP contribution in [0.3, 0.4) is 0 Å². The molecule has 0 fully saturated rings. The Labute approximate surface area is 410 Å². The van der Waals surface area contributed by atoms with Crippen molar-refractivity contribution in [2.45, 2.75) is 66.2 Å². The summed E-state index contributed by atoms with van der Waals surface area (Å²) in [5.41, 5.74) is 13.1. The van der Waals surface area contributed by atoms with Gasteiger partial charge >= 0.3 is 0 Å². The average molecular weight is 941 g/mol. The van der Waals surface area contributed by atoms with Crippen molar-refractivity contribution < 1.29 is 9.59 Å². The molecule has 0 atom stereocenters. The molecule has 0 aliphatic carbocycles. The number of aromatic nitrogens is 3. The van der Waals surface area contributed by atoms with Gasteiger partial charge in [0, 0.05) is 22.3 Å². The lowest BCUT2D eigenvalue weighted by Gasteiger charge is -2.18. The van der Waals surface area contributed by atoms with E-state index in [1.807, 2.05) is 105 Å². The Morgan fingerprint density at radius 2 is 1.04 bits per heavy atom. The predicted molar refractivity (Wildman–Crippen MR) is 288 cm³/mol. The summed E-state index contributed by atoms with van der Waals surface area (Å²) in [6.45, 7) is 17.1. The number of hydrogen-bond donors (Lipinski definition) is 3. The van der Waals surface area contributed by atoms with Gasteiger partial charge in [-0.3, -0.25) is 9.59 Å². The maximum absolute atomic E-state index is 14.4. The van der Waals surface area contributed by atoms with E-state index in [4.69, 9.17) is 15.0 Å². The molecule has 0 saturated carbocycles. The quantitative estimate of drug-likeness (QED) is 0.141. The smallest absolute Gasteiger partial charge is 0.257 e. The van der Waals surface area contributed by atoms with Crippen molar-refractivity contribution in [3.63, 3.8) is 0 Å². The Hall–Kier alpha value is -7.53. The first-order valence-electron chi connectivity index (χ1n) is 23.1. The Morgan fingerprint density at radius 3 is 1.59 bits per heavy atom. The van der Waals surface area contributed by atoms with Gasteiger partial charge in [-0.15, -0.1) is 22.7 Å². The molecule has 3 N–H and O–H groups in total. The molecule has 8 nitrogen and oxygen atoms in total. The number of nitrogens with zero attached hydrogens (tertiary/aromatic N) is 3. The van der Waals surface area contributed by atoms with Crippen molar-refractivity contribution in [1.29, 1.82) is 0 Å². The van der Waals surface area contributed by atoms with Gasteiger partial charge in [-0.1, -0.05) is 151 Å². The van der Waals surface area contributed by atoms with E-state index in [2.05, 4.69) is 118 Å². The van der Waals surface area contributed by atoms with Gasteiger partial charge in [0.2, 0.25) is 0 Å². The maximum Gasteiger partial charge on any atom is 0.257 e. The number of allylic oxidation sites excluding steroid dienone is 1. The number of aliphatic imine (C=N–C) groups is 1. The third-order valence-corrected chi connectivity index (χ3v) is 14.7. The van der Waals surface area contributed by atoms with Crippen molar-refractivity contribution in [1.82, 2.24) is 20.3 Å². The zero-order valence-electron chi connectivity index (χ0n) is 39.9. The zero-order chi connectivity index (χ0) is 48.2. The van der Waals surface area contributed by atoms with E-state index >= 15 is 0 Å². The molecule has 0 spiro atoms. The number of thiazole rings is 2. The molecule has 2 amide bonds. The van der Waals surface area contributed by atoms with Crippen LogP contribution in [0.1, 0.15) is 101 Å². The standard InChI is InChI=1S/C59H52N6O2S2/c1-34-19-15-17-25-40(34)54(66)64-52-50(56-62-42-29-27-38(58(3,4)5)31-46(42)68-56)48(36-21-11-9-12-22-36)44(60-52)33-45-49(37-23-13-10-14-24-37)51(53(61-45)65-55(67)41-26-18-16-20-35(41)2)57-63-43-30-28-39(59(6,7)8)32-47(43)69-57/h9-33,60H,1-8H3,(H,64,66)(H,61,65,67). The minimum atomic E-state index is -0.270. The molecule has 0 radical (unpaired) electrons. The number of hydrogen-bond acceptors (Lipinski definition) is 7. The van der Waals surface area contributed by atoms with Crippen molar-refractivity contribution in [3.8, 4) is 21.7 Å². The van der Waals surface area contributed by atoms with Crippen molar-refractivity contribution in [2.75, 3.05) is 5.32 Å². The molecule has 10 rings (SSSR count). The van der Waals surface area contributed by atoms with Crippen LogP contribution in [0.2, 0.25) is 0 Å². The van der Waals surface area contributed by atoms with Crippen LogP contribution in [0.15, 0.2) is 156 Å². The van der Waals surface area contributed by atoms with E-state index in [1.54, 1.807) is 22.7 Å². The fraction of sp³-hybridized carbons (Fsp3) is 0.169. The summed E-state index contributed by atoms with van der Waals surface area (Å²) in [5, 5.41) is 8.03. The van der Waals surface area contributed by atoms with Gasteiger partial charge in [-0.05, 0) is 101 Å². The molecular formula is C59H52N6O2S2. The molecule has 1 aliphatic heterocycles. The van der Waals surface area contributed by atoms with Crippen LogP contribution in [0, 0.1) is 13.8 Å². The van der Waals surface area contributed by atoms with Crippen LogP contribution in [0.25, 0.3) is 59.4 Å². The minimum Gasteiger partial charge on any atom is -0.341 e. The van der Waals surface area contributed by atoms with Crippen LogP contribution < -0.4 is 10.6 Å². The number of aromatic amines is 1. The van der Waals surface area contributed by atoms with Crippen molar-refractivity contribution in [2.24, 2.45) is 4.99 Å². The topological polar surface area (TPSA) is 112 Å². The fourth-order valence-corrected chi connectivity index (χ4v) is 10.9. The summed E-state index contributed by atoms with van der Waals surface area (Å²) < 4.78 is 2.09. The van der Waals surface area contributed by atoms with Crippen LogP contribution in [-0.2, 0) is 10.8 Å². The third kappa shape index (κ3) is 8.89. The second kappa shape index (κ2) is 17.8. The normalized spacial score (nSPS) is 13.7. The number of amidine groups is 1. The molecule has 0 bridgehead atoms. The molecule has 9 aromatic rings. The monoisotopic (exact) mass is 940 g/mol. The van der Waals surface area contributed by atoms with Gasteiger partial charge in [-0.2, -0.15) is 0 Å². The number of benzene rings is 6. The second-order valence-electron chi connectivity index (χ2n) is 19.6. The third-order valence-electron chi connectivity index (χ3n) is 12.6. The Balaban J connectivity index is 1.24. The van der Waals surface area contributed by atoms with Gasteiger partial charge in [0.05, 0.1) is 43.0 Å². The van der Waals surface area contributed by atoms with Crippen LogP contribution in [0.4, 0.5) is 5.82 Å². The molecule has 10 heteroatoms. The zero-order valence-corrected chi connectivity index (χ0v) is 41.5. The molecule has 342 valence electrons. The second-order valence-corrected chi connectivity index (χ2v) is 21.6.